The Kier molecular flexibility index (Phi) is 6.85. The van der Waals surface area contributed by atoms with Crippen LogP contribution in [-0.2, 0) is 11.3 Å². The van der Waals surface area contributed by atoms with Crippen molar-refractivity contribution < 1.29 is 14.3 Å². The second-order valence-corrected chi connectivity index (χ2v) is 7.15. The monoisotopic (exact) mass is 390 g/mol. The van der Waals surface area contributed by atoms with Crippen molar-refractivity contribution in [1.82, 2.24) is 9.88 Å². The number of hydrogen-bond donors (Lipinski definition) is 0. The van der Waals surface area contributed by atoms with E-state index >= 15 is 0 Å². The zero-order chi connectivity index (χ0) is 20.6. The third-order valence-corrected chi connectivity index (χ3v) is 4.46. The summed E-state index contributed by atoms with van der Waals surface area (Å²) in [6.07, 6.45) is 3.50. The molecule has 5 nitrogen and oxygen atoms in total. The van der Waals surface area contributed by atoms with Gasteiger partial charge in [0.1, 0.15) is 17.2 Å². The van der Waals surface area contributed by atoms with Crippen LogP contribution in [0.25, 0.3) is 0 Å². The van der Waals surface area contributed by atoms with Crippen LogP contribution in [0.2, 0.25) is 0 Å². The molecule has 0 spiro atoms. The number of carbonyl (C=O) groups is 1. The van der Waals surface area contributed by atoms with Crippen LogP contribution in [0.3, 0.4) is 0 Å². The van der Waals surface area contributed by atoms with Crippen molar-refractivity contribution in [3.63, 3.8) is 0 Å². The Labute approximate surface area is 171 Å². The predicted octanol–water partition coefficient (Wildman–Crippen LogP) is 5.00. The van der Waals surface area contributed by atoms with Crippen molar-refractivity contribution >= 4 is 5.91 Å². The molecule has 0 radical (unpaired) electrons. The largest absolute Gasteiger partial charge is 0.484 e. The van der Waals surface area contributed by atoms with Gasteiger partial charge in [-0.1, -0.05) is 23.8 Å². The highest BCUT2D eigenvalue weighted by molar-refractivity contribution is 5.78. The number of amides is 1. The van der Waals surface area contributed by atoms with Crippen LogP contribution in [0.5, 0.6) is 17.2 Å². The molecule has 3 rings (SSSR count). The van der Waals surface area contributed by atoms with E-state index in [1.807, 2.05) is 69.3 Å². The third kappa shape index (κ3) is 6.07. The minimum atomic E-state index is -0.0659. The number of rotatable bonds is 8. The van der Waals surface area contributed by atoms with Crippen LogP contribution in [0.15, 0.2) is 73.1 Å². The number of aryl methyl sites for hydroxylation is 1. The zero-order valence-corrected chi connectivity index (χ0v) is 17.0. The van der Waals surface area contributed by atoms with E-state index in [2.05, 4.69) is 4.98 Å². The summed E-state index contributed by atoms with van der Waals surface area (Å²) in [5.41, 5.74) is 2.18. The summed E-state index contributed by atoms with van der Waals surface area (Å²) in [7, 11) is 0. The summed E-state index contributed by atoms with van der Waals surface area (Å²) in [4.78, 5) is 18.5. The molecular weight excluding hydrogens is 364 g/mol. The maximum absolute atomic E-state index is 12.7. The SMILES string of the molecule is Cc1ccc(Oc2ccc(OCC(=O)N(Cc3cccnc3)C(C)C)cc2)cc1. The molecule has 0 atom stereocenters. The minimum absolute atomic E-state index is 0.0173. The summed E-state index contributed by atoms with van der Waals surface area (Å²) >= 11 is 0. The van der Waals surface area contributed by atoms with Gasteiger partial charge in [-0.15, -0.1) is 0 Å². The second kappa shape index (κ2) is 9.73. The molecule has 0 N–H and O–H groups in total. The number of nitrogens with zero attached hydrogens (tertiary/aromatic N) is 2. The van der Waals surface area contributed by atoms with Gasteiger partial charge in [0.25, 0.3) is 5.91 Å². The summed E-state index contributed by atoms with van der Waals surface area (Å²) in [5.74, 6) is 2.05. The zero-order valence-electron chi connectivity index (χ0n) is 17.0. The highest BCUT2D eigenvalue weighted by Gasteiger charge is 2.18. The summed E-state index contributed by atoms with van der Waals surface area (Å²) in [6, 6.07) is 19.0. The van der Waals surface area contributed by atoms with Gasteiger partial charge in [-0.05, 0) is 68.8 Å². The Morgan fingerprint density at radius 2 is 1.59 bits per heavy atom. The van der Waals surface area contributed by atoms with Crippen LogP contribution >= 0.6 is 0 Å². The van der Waals surface area contributed by atoms with Crippen LogP contribution in [0.1, 0.15) is 25.0 Å². The smallest absolute Gasteiger partial charge is 0.261 e. The molecule has 0 fully saturated rings. The highest BCUT2D eigenvalue weighted by atomic mass is 16.5. The number of pyridine rings is 1. The van der Waals surface area contributed by atoms with Gasteiger partial charge < -0.3 is 14.4 Å². The molecule has 3 aromatic rings. The molecule has 0 bridgehead atoms. The first kappa shape index (κ1) is 20.4. The fourth-order valence-corrected chi connectivity index (χ4v) is 2.82. The summed E-state index contributed by atoms with van der Waals surface area (Å²) in [6.45, 7) is 6.51. The van der Waals surface area contributed by atoms with E-state index in [0.717, 1.165) is 11.3 Å². The highest BCUT2D eigenvalue weighted by Crippen LogP contribution is 2.24. The van der Waals surface area contributed by atoms with E-state index in [-0.39, 0.29) is 18.6 Å². The van der Waals surface area contributed by atoms with Gasteiger partial charge in [0.05, 0.1) is 0 Å². The maximum atomic E-state index is 12.7. The lowest BCUT2D eigenvalue weighted by atomic mass is 10.2. The van der Waals surface area contributed by atoms with Crippen molar-refractivity contribution in [3.8, 4) is 17.2 Å². The van der Waals surface area contributed by atoms with E-state index in [1.165, 1.54) is 5.56 Å². The lowest BCUT2D eigenvalue weighted by Crippen LogP contribution is -2.39. The number of benzene rings is 2. The Bertz CT molecular complexity index is 907. The molecule has 0 aliphatic carbocycles. The fraction of sp³-hybridized carbons (Fsp3) is 0.250. The van der Waals surface area contributed by atoms with Crippen LogP contribution in [0, 0.1) is 6.92 Å². The lowest BCUT2D eigenvalue weighted by Gasteiger charge is -2.26. The molecule has 1 heterocycles. The molecule has 0 aliphatic heterocycles. The normalized spacial score (nSPS) is 10.6. The van der Waals surface area contributed by atoms with Crippen molar-refractivity contribution in [2.24, 2.45) is 0 Å². The van der Waals surface area contributed by atoms with Crippen LogP contribution in [-0.4, -0.2) is 28.4 Å². The first-order chi connectivity index (χ1) is 14.0. The van der Waals surface area contributed by atoms with Gasteiger partial charge in [0, 0.05) is 25.0 Å². The molecule has 29 heavy (non-hydrogen) atoms. The second-order valence-electron chi connectivity index (χ2n) is 7.15. The first-order valence-electron chi connectivity index (χ1n) is 9.67. The van der Waals surface area contributed by atoms with Gasteiger partial charge in [-0.3, -0.25) is 9.78 Å². The fourth-order valence-electron chi connectivity index (χ4n) is 2.82. The summed E-state index contributed by atoms with van der Waals surface area (Å²) < 4.78 is 11.5. The van der Waals surface area contributed by atoms with Gasteiger partial charge >= 0.3 is 0 Å². The molecule has 0 saturated heterocycles. The molecular formula is C24H26N2O3. The van der Waals surface area contributed by atoms with Gasteiger partial charge in [0.2, 0.25) is 0 Å². The van der Waals surface area contributed by atoms with Crippen molar-refractivity contribution in [1.29, 1.82) is 0 Å². The number of hydrogen-bond acceptors (Lipinski definition) is 4. The summed E-state index contributed by atoms with van der Waals surface area (Å²) in [5, 5.41) is 0. The van der Waals surface area contributed by atoms with E-state index in [4.69, 9.17) is 9.47 Å². The average molecular weight is 390 g/mol. The number of ether oxygens (including phenoxy) is 2. The van der Waals surface area contributed by atoms with E-state index in [9.17, 15) is 4.79 Å². The maximum Gasteiger partial charge on any atom is 0.261 e. The Morgan fingerprint density at radius 1 is 0.966 bits per heavy atom. The molecule has 2 aromatic carbocycles. The molecule has 0 aliphatic rings. The Hall–Kier alpha value is -3.34. The molecule has 0 unspecified atom stereocenters. The standard InChI is InChI=1S/C24H26N2O3/c1-18(2)26(16-20-5-4-14-25-15-20)24(27)17-28-21-10-12-23(13-11-21)29-22-8-6-19(3)7-9-22/h4-15,18H,16-17H2,1-3H3. The molecule has 1 aromatic heterocycles. The third-order valence-electron chi connectivity index (χ3n) is 4.46. The van der Waals surface area contributed by atoms with E-state index in [0.29, 0.717) is 18.0 Å². The molecule has 5 heteroatoms. The molecule has 0 saturated carbocycles. The van der Waals surface area contributed by atoms with E-state index in [1.54, 1.807) is 29.4 Å². The quantitative estimate of drug-likeness (QED) is 0.543. The van der Waals surface area contributed by atoms with Gasteiger partial charge in [0.15, 0.2) is 6.61 Å². The molecule has 1 amide bonds. The van der Waals surface area contributed by atoms with Gasteiger partial charge in [-0.2, -0.15) is 0 Å². The molecule has 150 valence electrons. The van der Waals surface area contributed by atoms with Crippen molar-refractivity contribution in [2.45, 2.75) is 33.4 Å². The topological polar surface area (TPSA) is 51.7 Å². The van der Waals surface area contributed by atoms with Crippen LogP contribution in [0.4, 0.5) is 0 Å². The Balaban J connectivity index is 1.55. The first-order valence-corrected chi connectivity index (χ1v) is 9.67. The van der Waals surface area contributed by atoms with Crippen molar-refractivity contribution in [3.05, 3.63) is 84.2 Å². The lowest BCUT2D eigenvalue weighted by molar-refractivity contribution is -0.135. The average Bonchev–Trinajstić information content (AvgIpc) is 2.73. The number of aromatic nitrogens is 1. The minimum Gasteiger partial charge on any atom is -0.484 e. The van der Waals surface area contributed by atoms with Crippen molar-refractivity contribution in [2.75, 3.05) is 6.61 Å². The van der Waals surface area contributed by atoms with Crippen LogP contribution < -0.4 is 9.47 Å². The number of carbonyl (C=O) groups excluding carboxylic acids is 1. The Morgan fingerprint density at radius 3 is 2.17 bits per heavy atom. The van der Waals surface area contributed by atoms with Gasteiger partial charge in [-0.25, -0.2) is 0 Å². The predicted molar refractivity (Wildman–Crippen MR) is 113 cm³/mol. The van der Waals surface area contributed by atoms with E-state index < -0.39 is 0 Å².